The molecule has 4 nitrogen and oxygen atoms in total. The Labute approximate surface area is 255 Å². The van der Waals surface area contributed by atoms with Crippen molar-refractivity contribution >= 4 is 11.7 Å². The molecule has 0 aliphatic heterocycles. The van der Waals surface area contributed by atoms with Gasteiger partial charge in [0.15, 0.2) is 5.78 Å². The van der Waals surface area contributed by atoms with Crippen LogP contribution in [0, 0.1) is 0 Å². The molecule has 0 aliphatic carbocycles. The lowest BCUT2D eigenvalue weighted by Gasteiger charge is -2.32. The summed E-state index contributed by atoms with van der Waals surface area (Å²) >= 11 is 0. The average Bonchev–Trinajstić information content (AvgIpc) is 3.05. The Morgan fingerprint density at radius 2 is 0.907 bits per heavy atom. The van der Waals surface area contributed by atoms with Gasteiger partial charge in [0, 0.05) is 31.1 Å². The second-order valence-electron chi connectivity index (χ2n) is 11.0. The van der Waals surface area contributed by atoms with Crippen molar-refractivity contribution < 1.29 is 9.59 Å². The number of benzene rings is 5. The summed E-state index contributed by atoms with van der Waals surface area (Å²) in [5, 5.41) is 3.19. The second kappa shape index (κ2) is 15.4. The van der Waals surface area contributed by atoms with E-state index in [-0.39, 0.29) is 30.2 Å². The third-order valence-electron chi connectivity index (χ3n) is 7.68. The molecular weight excluding hydrogens is 528 g/mol. The smallest absolute Gasteiger partial charge is 0.251 e. The lowest BCUT2D eigenvalue weighted by Crippen LogP contribution is -2.46. The van der Waals surface area contributed by atoms with Gasteiger partial charge in [-0.1, -0.05) is 140 Å². The highest BCUT2D eigenvalue weighted by molar-refractivity contribution is 5.95. The van der Waals surface area contributed by atoms with Crippen LogP contribution in [0.15, 0.2) is 152 Å². The standard InChI is InChI=1S/C39H38N2O2/c42-38(28-36(26-31-16-6-1-7-17-31)40-39(43)35-24-14-5-15-25-35)37(27-32-18-8-2-9-19-32)41(29-33-20-10-3-11-21-33)30-34-22-12-4-13-23-34/h1-25,36-37H,26-30H2,(H,40,43)/t36-,37-/m0/s1. The summed E-state index contributed by atoms with van der Waals surface area (Å²) in [4.78, 5) is 30.1. The van der Waals surface area contributed by atoms with Gasteiger partial charge in [0.2, 0.25) is 0 Å². The van der Waals surface area contributed by atoms with Gasteiger partial charge in [-0.25, -0.2) is 0 Å². The van der Waals surface area contributed by atoms with Crippen molar-refractivity contribution in [2.24, 2.45) is 0 Å². The number of hydrogen-bond acceptors (Lipinski definition) is 3. The van der Waals surface area contributed by atoms with Gasteiger partial charge in [-0.3, -0.25) is 14.5 Å². The van der Waals surface area contributed by atoms with E-state index in [1.807, 2.05) is 103 Å². The molecule has 5 aromatic rings. The van der Waals surface area contributed by atoms with Crippen LogP contribution in [0.5, 0.6) is 0 Å². The van der Waals surface area contributed by atoms with Crippen LogP contribution in [-0.4, -0.2) is 28.7 Å². The van der Waals surface area contributed by atoms with Gasteiger partial charge < -0.3 is 5.32 Å². The summed E-state index contributed by atoms with van der Waals surface area (Å²) in [5.74, 6) is -0.0515. The number of Topliss-reactive ketones (excluding diaryl/α,β-unsaturated/α-hetero) is 1. The zero-order chi connectivity index (χ0) is 29.7. The third-order valence-corrected chi connectivity index (χ3v) is 7.68. The zero-order valence-corrected chi connectivity index (χ0v) is 24.4. The summed E-state index contributed by atoms with van der Waals surface area (Å²) in [6.45, 7) is 1.28. The minimum atomic E-state index is -0.380. The van der Waals surface area contributed by atoms with E-state index in [1.165, 1.54) is 0 Å². The van der Waals surface area contributed by atoms with Crippen LogP contribution in [-0.2, 0) is 30.7 Å². The number of nitrogens with one attached hydrogen (secondary N) is 1. The maximum atomic E-state index is 14.5. The predicted octanol–water partition coefficient (Wildman–Crippen LogP) is 7.30. The molecule has 0 radical (unpaired) electrons. The average molecular weight is 567 g/mol. The topological polar surface area (TPSA) is 49.4 Å². The summed E-state index contributed by atoms with van der Waals surface area (Å²) in [7, 11) is 0. The van der Waals surface area contributed by atoms with Crippen LogP contribution in [0.3, 0.4) is 0 Å². The fourth-order valence-corrected chi connectivity index (χ4v) is 5.51. The zero-order valence-electron chi connectivity index (χ0n) is 24.4. The first-order valence-electron chi connectivity index (χ1n) is 14.9. The Bertz CT molecular complexity index is 1500. The number of carbonyl (C=O) groups is 2. The fraction of sp³-hybridized carbons (Fsp3) is 0.179. The van der Waals surface area contributed by atoms with Crippen LogP contribution in [0.1, 0.15) is 39.0 Å². The molecule has 4 heteroatoms. The Morgan fingerprint density at radius 1 is 0.512 bits per heavy atom. The minimum absolute atomic E-state index is 0.116. The summed E-state index contributed by atoms with van der Waals surface area (Å²) < 4.78 is 0. The highest BCUT2D eigenvalue weighted by Crippen LogP contribution is 2.20. The predicted molar refractivity (Wildman–Crippen MR) is 174 cm³/mol. The normalized spacial score (nSPS) is 12.4. The molecular formula is C39H38N2O2. The van der Waals surface area contributed by atoms with Gasteiger partial charge >= 0.3 is 0 Å². The minimum Gasteiger partial charge on any atom is -0.349 e. The molecule has 0 fully saturated rings. The lowest BCUT2D eigenvalue weighted by molar-refractivity contribution is -0.125. The Hall–Kier alpha value is -4.80. The fourth-order valence-electron chi connectivity index (χ4n) is 5.51. The van der Waals surface area contributed by atoms with Crippen LogP contribution in [0.4, 0.5) is 0 Å². The number of hydrogen-bond donors (Lipinski definition) is 1. The first-order valence-corrected chi connectivity index (χ1v) is 14.9. The van der Waals surface area contributed by atoms with Crippen molar-refractivity contribution in [1.29, 1.82) is 0 Å². The summed E-state index contributed by atoms with van der Waals surface area (Å²) in [5.41, 5.74) is 5.09. The van der Waals surface area contributed by atoms with E-state index in [1.54, 1.807) is 12.1 Å². The Kier molecular flexibility index (Phi) is 10.7. The molecule has 0 saturated heterocycles. The first-order chi connectivity index (χ1) is 21.1. The van der Waals surface area contributed by atoms with Crippen molar-refractivity contribution in [2.45, 2.75) is 44.4 Å². The first kappa shape index (κ1) is 29.7. The molecule has 0 aliphatic rings. The molecule has 5 rings (SSSR count). The second-order valence-corrected chi connectivity index (χ2v) is 11.0. The molecule has 0 bridgehead atoms. The Balaban J connectivity index is 1.45. The van der Waals surface area contributed by atoms with Gasteiger partial charge in [0.05, 0.1) is 6.04 Å². The molecule has 1 amide bonds. The maximum Gasteiger partial charge on any atom is 0.251 e. The van der Waals surface area contributed by atoms with E-state index in [0.29, 0.717) is 31.5 Å². The molecule has 0 saturated carbocycles. The van der Waals surface area contributed by atoms with Crippen LogP contribution in [0.2, 0.25) is 0 Å². The third kappa shape index (κ3) is 9.09. The van der Waals surface area contributed by atoms with E-state index in [4.69, 9.17) is 0 Å². The van der Waals surface area contributed by atoms with Crippen LogP contribution in [0.25, 0.3) is 0 Å². The van der Waals surface area contributed by atoms with E-state index in [9.17, 15) is 9.59 Å². The van der Waals surface area contributed by atoms with E-state index in [0.717, 1.165) is 22.3 Å². The quantitative estimate of drug-likeness (QED) is 0.153. The van der Waals surface area contributed by atoms with Crippen LogP contribution >= 0.6 is 0 Å². The van der Waals surface area contributed by atoms with Gasteiger partial charge in [-0.15, -0.1) is 0 Å². The highest BCUT2D eigenvalue weighted by Gasteiger charge is 2.29. The van der Waals surface area contributed by atoms with Gasteiger partial charge in [0.1, 0.15) is 0 Å². The SMILES string of the molecule is O=C(N[C@H](CC(=O)[C@H](Cc1ccccc1)N(Cc1ccccc1)Cc1ccccc1)Cc1ccccc1)c1ccccc1. The number of nitrogens with zero attached hydrogens (tertiary/aromatic N) is 1. The van der Waals surface area contributed by atoms with Crippen molar-refractivity contribution in [2.75, 3.05) is 0 Å². The van der Waals surface area contributed by atoms with Crippen LogP contribution < -0.4 is 5.32 Å². The number of rotatable bonds is 14. The molecule has 43 heavy (non-hydrogen) atoms. The summed E-state index contributed by atoms with van der Waals surface area (Å²) in [6, 6.07) is 49.4. The molecule has 0 heterocycles. The van der Waals surface area contributed by atoms with Crippen molar-refractivity contribution in [3.8, 4) is 0 Å². The number of carbonyl (C=O) groups excluding carboxylic acids is 2. The van der Waals surface area contributed by atoms with Crippen molar-refractivity contribution in [1.82, 2.24) is 10.2 Å². The molecule has 0 unspecified atom stereocenters. The molecule has 5 aromatic carbocycles. The number of ketones is 1. The van der Waals surface area contributed by atoms with Gasteiger partial charge in [-0.05, 0) is 47.2 Å². The number of amides is 1. The lowest BCUT2D eigenvalue weighted by atomic mass is 9.93. The Morgan fingerprint density at radius 3 is 1.37 bits per heavy atom. The van der Waals surface area contributed by atoms with Crippen molar-refractivity contribution in [3.63, 3.8) is 0 Å². The molecule has 216 valence electrons. The molecule has 0 aromatic heterocycles. The van der Waals surface area contributed by atoms with E-state index >= 15 is 0 Å². The molecule has 1 N–H and O–H groups in total. The van der Waals surface area contributed by atoms with Crippen molar-refractivity contribution in [3.05, 3.63) is 179 Å². The summed E-state index contributed by atoms with van der Waals surface area (Å²) in [6.07, 6.45) is 1.38. The van der Waals surface area contributed by atoms with Gasteiger partial charge in [-0.2, -0.15) is 0 Å². The maximum absolute atomic E-state index is 14.5. The van der Waals surface area contributed by atoms with Gasteiger partial charge in [0.25, 0.3) is 5.91 Å². The molecule has 0 spiro atoms. The monoisotopic (exact) mass is 566 g/mol. The van der Waals surface area contributed by atoms with E-state index < -0.39 is 0 Å². The largest absolute Gasteiger partial charge is 0.349 e. The van der Waals surface area contributed by atoms with E-state index in [2.05, 4.69) is 46.6 Å². The highest BCUT2D eigenvalue weighted by atomic mass is 16.2. The molecule has 2 atom stereocenters.